The van der Waals surface area contributed by atoms with Gasteiger partial charge >= 0.3 is 0 Å². The zero-order valence-corrected chi connectivity index (χ0v) is 36.3. The summed E-state index contributed by atoms with van der Waals surface area (Å²) < 4.78 is 7.15. The summed E-state index contributed by atoms with van der Waals surface area (Å²) in [7, 11) is 0. The van der Waals surface area contributed by atoms with Crippen molar-refractivity contribution >= 4 is 71.6 Å². The molecule has 11 rings (SSSR count). The van der Waals surface area contributed by atoms with E-state index in [1.165, 1.54) is 71.3 Å². The van der Waals surface area contributed by atoms with Gasteiger partial charge in [-0.1, -0.05) is 126 Å². The molecule has 0 bridgehead atoms. The van der Waals surface area contributed by atoms with Crippen molar-refractivity contribution in [2.75, 3.05) is 4.90 Å². The molecule has 62 heavy (non-hydrogen) atoms. The van der Waals surface area contributed by atoms with Crippen LogP contribution in [0.25, 0.3) is 71.6 Å². The minimum Gasteiger partial charge on any atom is -0.316 e. The van der Waals surface area contributed by atoms with Crippen molar-refractivity contribution in [2.24, 2.45) is 0 Å². The Bertz CT molecular complexity index is 3440. The van der Waals surface area contributed by atoms with Crippen molar-refractivity contribution in [2.45, 2.75) is 52.4 Å². The van der Waals surface area contributed by atoms with Gasteiger partial charge in [0.25, 0.3) is 0 Å². The second-order valence-corrected chi connectivity index (χ2v) is 18.8. The molecule has 0 aliphatic rings. The van der Waals surface area contributed by atoms with Gasteiger partial charge in [-0.2, -0.15) is 0 Å². The third-order valence-electron chi connectivity index (χ3n) is 12.8. The predicted molar refractivity (Wildman–Crippen MR) is 264 cm³/mol. The fourth-order valence-corrected chi connectivity index (χ4v) is 9.56. The second-order valence-electron chi connectivity index (χ2n) is 18.8. The van der Waals surface area contributed by atoms with Gasteiger partial charge < -0.3 is 18.6 Å². The van der Waals surface area contributed by atoms with Crippen molar-refractivity contribution < 1.29 is 0 Å². The first kappa shape index (κ1) is 37.7. The molecule has 0 amide bonds. The van der Waals surface area contributed by atoms with Crippen LogP contribution in [0.1, 0.15) is 52.7 Å². The molecular formula is C58H50N4. The fourth-order valence-electron chi connectivity index (χ4n) is 9.56. The standard InChI is InChI=1S/C58H50N4/c1-57(2,3)39-20-24-43(25-21-39)60(46-32-34-55-51(38-46)48-17-11-12-18-53(48)61(55)45-26-22-40(23-27-45)58(4,5)6)44-30-28-41(29-31-44)59-37-36-50-52(59)35-33-49-47-16-10-13-19-54(47)62(56(49)50)42-14-8-7-9-15-42/h7-38H,1-6H3. The Labute approximate surface area is 363 Å². The van der Waals surface area contributed by atoms with Gasteiger partial charge in [0.1, 0.15) is 0 Å². The third kappa shape index (κ3) is 6.12. The molecule has 0 spiro atoms. The summed E-state index contributed by atoms with van der Waals surface area (Å²) in [6.45, 7) is 13.6. The molecule has 0 fully saturated rings. The number of fused-ring (bicyclic) bond motifs is 8. The highest BCUT2D eigenvalue weighted by Gasteiger charge is 2.21. The molecule has 0 radical (unpaired) electrons. The number of rotatable bonds is 6. The first-order valence-electron chi connectivity index (χ1n) is 21.8. The lowest BCUT2D eigenvalue weighted by molar-refractivity contribution is 0.590. The summed E-state index contributed by atoms with van der Waals surface area (Å²) in [4.78, 5) is 2.40. The van der Waals surface area contributed by atoms with Crippen molar-refractivity contribution in [1.82, 2.24) is 13.7 Å². The van der Waals surface area contributed by atoms with Gasteiger partial charge in [0.05, 0.1) is 27.6 Å². The molecular weight excluding hydrogens is 753 g/mol. The van der Waals surface area contributed by atoms with Crippen LogP contribution in [0.2, 0.25) is 0 Å². The number of para-hydroxylation sites is 3. The first-order chi connectivity index (χ1) is 30.0. The molecule has 3 heterocycles. The van der Waals surface area contributed by atoms with Gasteiger partial charge in [-0.3, -0.25) is 0 Å². The third-order valence-corrected chi connectivity index (χ3v) is 12.8. The van der Waals surface area contributed by atoms with E-state index in [1.54, 1.807) is 0 Å². The molecule has 0 saturated heterocycles. The Morgan fingerprint density at radius 1 is 0.339 bits per heavy atom. The summed E-state index contributed by atoms with van der Waals surface area (Å²) in [5, 5.41) is 6.21. The van der Waals surface area contributed by atoms with E-state index in [0.29, 0.717) is 0 Å². The van der Waals surface area contributed by atoms with Crippen molar-refractivity contribution in [1.29, 1.82) is 0 Å². The number of nitrogens with zero attached hydrogens (tertiary/aromatic N) is 4. The Morgan fingerprint density at radius 2 is 0.823 bits per heavy atom. The average Bonchev–Trinajstić information content (AvgIpc) is 3.97. The van der Waals surface area contributed by atoms with Crippen LogP contribution in [0, 0.1) is 0 Å². The van der Waals surface area contributed by atoms with Crippen LogP contribution in [0.4, 0.5) is 17.1 Å². The molecule has 11 aromatic rings. The SMILES string of the molecule is CC(C)(C)c1ccc(N(c2ccc(-n3ccc4c3ccc3c5ccccc5n(-c5ccccc5)c34)cc2)c2ccc3c(c2)c2ccccc2n3-c2ccc(C(C)(C)C)cc2)cc1. The summed E-state index contributed by atoms with van der Waals surface area (Å²) in [6.07, 6.45) is 2.22. The lowest BCUT2D eigenvalue weighted by atomic mass is 9.87. The van der Waals surface area contributed by atoms with Crippen LogP contribution < -0.4 is 4.90 Å². The zero-order chi connectivity index (χ0) is 42.3. The average molecular weight is 803 g/mol. The van der Waals surface area contributed by atoms with E-state index < -0.39 is 0 Å². The van der Waals surface area contributed by atoms with Crippen LogP contribution >= 0.6 is 0 Å². The maximum absolute atomic E-state index is 2.42. The number of anilines is 3. The highest BCUT2D eigenvalue weighted by molar-refractivity contribution is 6.18. The molecule has 4 heteroatoms. The molecule has 0 aliphatic heterocycles. The molecule has 0 atom stereocenters. The normalized spacial score (nSPS) is 12.4. The lowest BCUT2D eigenvalue weighted by Crippen LogP contribution is -2.13. The molecule has 4 nitrogen and oxygen atoms in total. The van der Waals surface area contributed by atoms with Gasteiger partial charge in [0.2, 0.25) is 0 Å². The van der Waals surface area contributed by atoms with Gasteiger partial charge in [-0.05, 0) is 125 Å². The molecule has 0 aliphatic carbocycles. The van der Waals surface area contributed by atoms with E-state index in [1.807, 2.05) is 0 Å². The molecule has 0 N–H and O–H groups in total. The number of benzene rings is 8. The summed E-state index contributed by atoms with van der Waals surface area (Å²) in [5.41, 5.74) is 15.6. The monoisotopic (exact) mass is 802 g/mol. The van der Waals surface area contributed by atoms with Crippen molar-refractivity contribution in [3.8, 4) is 17.1 Å². The van der Waals surface area contributed by atoms with Crippen molar-refractivity contribution in [3.05, 3.63) is 205 Å². The molecule has 3 aromatic heterocycles. The lowest BCUT2D eigenvalue weighted by Gasteiger charge is -2.27. The Hall–Kier alpha value is -7.30. The van der Waals surface area contributed by atoms with E-state index in [-0.39, 0.29) is 10.8 Å². The van der Waals surface area contributed by atoms with Crippen molar-refractivity contribution in [3.63, 3.8) is 0 Å². The Balaban J connectivity index is 1.04. The fraction of sp³-hybridized carbons (Fsp3) is 0.138. The molecule has 302 valence electrons. The Morgan fingerprint density at radius 3 is 1.47 bits per heavy atom. The smallest absolute Gasteiger partial charge is 0.0635 e. The van der Waals surface area contributed by atoms with E-state index in [9.17, 15) is 0 Å². The number of hydrogen-bond donors (Lipinski definition) is 0. The van der Waals surface area contributed by atoms with E-state index >= 15 is 0 Å². The van der Waals surface area contributed by atoms with Gasteiger partial charge in [0.15, 0.2) is 0 Å². The molecule has 0 saturated carbocycles. The first-order valence-corrected chi connectivity index (χ1v) is 21.8. The summed E-state index contributed by atoms with van der Waals surface area (Å²) >= 11 is 0. The van der Waals surface area contributed by atoms with E-state index in [0.717, 1.165) is 28.4 Å². The predicted octanol–water partition coefficient (Wildman–Crippen LogP) is 15.9. The quantitative estimate of drug-likeness (QED) is 0.164. The molecule has 8 aromatic carbocycles. The zero-order valence-electron chi connectivity index (χ0n) is 36.3. The summed E-state index contributed by atoms with van der Waals surface area (Å²) in [5.74, 6) is 0. The Kier molecular flexibility index (Phi) is 8.59. The highest BCUT2D eigenvalue weighted by atomic mass is 15.1. The molecule has 0 unspecified atom stereocenters. The van der Waals surface area contributed by atoms with E-state index in [2.05, 4.69) is 254 Å². The van der Waals surface area contributed by atoms with E-state index in [4.69, 9.17) is 0 Å². The second kappa shape index (κ2) is 14.1. The van der Waals surface area contributed by atoms with Gasteiger partial charge in [0, 0.05) is 67.3 Å². The van der Waals surface area contributed by atoms with Crippen LogP contribution in [0.3, 0.4) is 0 Å². The maximum atomic E-state index is 2.42. The topological polar surface area (TPSA) is 18.0 Å². The van der Waals surface area contributed by atoms with Crippen LogP contribution in [0.15, 0.2) is 194 Å². The number of aromatic nitrogens is 3. The van der Waals surface area contributed by atoms with Crippen LogP contribution in [0.5, 0.6) is 0 Å². The van der Waals surface area contributed by atoms with Gasteiger partial charge in [-0.25, -0.2) is 0 Å². The van der Waals surface area contributed by atoms with Crippen LogP contribution in [-0.4, -0.2) is 13.7 Å². The minimum absolute atomic E-state index is 0.0530. The highest BCUT2D eigenvalue weighted by Crippen LogP contribution is 2.42. The summed E-state index contributed by atoms with van der Waals surface area (Å²) in [6, 6.07) is 69.3. The largest absolute Gasteiger partial charge is 0.316 e. The maximum Gasteiger partial charge on any atom is 0.0635 e. The van der Waals surface area contributed by atoms with Crippen LogP contribution in [-0.2, 0) is 10.8 Å². The minimum atomic E-state index is 0.0530. The van der Waals surface area contributed by atoms with Gasteiger partial charge in [-0.15, -0.1) is 0 Å². The number of hydrogen-bond acceptors (Lipinski definition) is 1.